The molecule has 0 aliphatic heterocycles. The molecular weight excluding hydrogens is 234 g/mol. The molecule has 2 heteroatoms. The molecule has 0 heterocycles. The summed E-state index contributed by atoms with van der Waals surface area (Å²) in [4.78, 5) is 0. The summed E-state index contributed by atoms with van der Waals surface area (Å²) >= 11 is 0. The quantitative estimate of drug-likeness (QED) is 0.779. The van der Waals surface area contributed by atoms with Crippen molar-refractivity contribution in [2.24, 2.45) is 0 Å². The molecule has 0 saturated carbocycles. The van der Waals surface area contributed by atoms with Gasteiger partial charge in [-0.05, 0) is 62.9 Å². The number of ether oxygens (including phenoxy) is 1. The molecular formula is C17H25NO. The fourth-order valence-electron chi connectivity index (χ4n) is 2.58. The molecule has 0 aromatic heterocycles. The molecule has 0 amide bonds. The number of rotatable bonds is 6. The fraction of sp³-hybridized carbons (Fsp3) is 0.529. The van der Waals surface area contributed by atoms with E-state index in [1.165, 1.54) is 29.5 Å². The molecule has 0 saturated heterocycles. The minimum atomic E-state index is 0.516. The van der Waals surface area contributed by atoms with Crippen LogP contribution in [0.25, 0.3) is 0 Å². The van der Waals surface area contributed by atoms with Crippen LogP contribution in [0.4, 0.5) is 0 Å². The molecule has 2 nitrogen and oxygen atoms in total. The Balaban J connectivity index is 2.07. The Bertz CT molecular complexity index is 447. The lowest BCUT2D eigenvalue weighted by Gasteiger charge is -2.14. The summed E-state index contributed by atoms with van der Waals surface area (Å²) in [5.74, 6) is 1.07. The van der Waals surface area contributed by atoms with Gasteiger partial charge < -0.3 is 10.1 Å². The van der Waals surface area contributed by atoms with Gasteiger partial charge in [0.25, 0.3) is 0 Å². The first kappa shape index (κ1) is 14.1. The van der Waals surface area contributed by atoms with Crippen molar-refractivity contribution in [1.82, 2.24) is 5.32 Å². The smallest absolute Gasteiger partial charge is 0.123 e. The Labute approximate surface area is 116 Å². The maximum absolute atomic E-state index is 5.91. The van der Waals surface area contributed by atoms with Gasteiger partial charge in [0.1, 0.15) is 12.4 Å². The molecule has 1 unspecified atom stereocenters. The van der Waals surface area contributed by atoms with Crippen molar-refractivity contribution in [2.45, 2.75) is 46.1 Å². The van der Waals surface area contributed by atoms with E-state index >= 15 is 0 Å². The van der Waals surface area contributed by atoms with Gasteiger partial charge in [0.05, 0.1) is 0 Å². The molecule has 2 rings (SSSR count). The molecule has 1 aliphatic carbocycles. The molecule has 0 radical (unpaired) electrons. The third kappa shape index (κ3) is 3.60. The van der Waals surface area contributed by atoms with Gasteiger partial charge in [-0.3, -0.25) is 0 Å². The molecule has 0 spiro atoms. The van der Waals surface area contributed by atoms with Crippen molar-refractivity contribution in [2.75, 3.05) is 13.2 Å². The van der Waals surface area contributed by atoms with Crippen molar-refractivity contribution < 1.29 is 4.74 Å². The van der Waals surface area contributed by atoms with Crippen LogP contribution in [0.3, 0.4) is 0 Å². The van der Waals surface area contributed by atoms with E-state index < -0.39 is 0 Å². The standard InChI is InChI=1S/C17H25NO/c1-4-11-18-16-9-8-15-14(16)6-5-7-17(15)19-12-10-13(2)3/h5-7,10,16,18H,4,8-9,11-12H2,1-3H3. The molecule has 1 atom stereocenters. The lowest BCUT2D eigenvalue weighted by Crippen LogP contribution is -2.19. The minimum Gasteiger partial charge on any atom is -0.489 e. The van der Waals surface area contributed by atoms with Crippen LogP contribution in [0.2, 0.25) is 0 Å². The van der Waals surface area contributed by atoms with E-state index in [0.717, 1.165) is 18.7 Å². The van der Waals surface area contributed by atoms with Gasteiger partial charge in [0.2, 0.25) is 0 Å². The van der Waals surface area contributed by atoms with E-state index in [4.69, 9.17) is 4.74 Å². The predicted octanol–water partition coefficient (Wildman–Crippen LogP) is 4.02. The van der Waals surface area contributed by atoms with Crippen LogP contribution < -0.4 is 10.1 Å². The van der Waals surface area contributed by atoms with E-state index in [-0.39, 0.29) is 0 Å². The molecule has 104 valence electrons. The van der Waals surface area contributed by atoms with Crippen LogP contribution in [-0.2, 0) is 6.42 Å². The number of hydrogen-bond donors (Lipinski definition) is 1. The predicted molar refractivity (Wildman–Crippen MR) is 80.7 cm³/mol. The van der Waals surface area contributed by atoms with Crippen LogP contribution in [-0.4, -0.2) is 13.2 Å². The topological polar surface area (TPSA) is 21.3 Å². The highest BCUT2D eigenvalue weighted by Crippen LogP contribution is 2.36. The van der Waals surface area contributed by atoms with Gasteiger partial charge in [-0.15, -0.1) is 0 Å². The van der Waals surface area contributed by atoms with Crippen LogP contribution in [0.1, 0.15) is 50.8 Å². The van der Waals surface area contributed by atoms with Gasteiger partial charge in [0, 0.05) is 6.04 Å². The zero-order valence-electron chi connectivity index (χ0n) is 12.3. The van der Waals surface area contributed by atoms with Crippen LogP contribution in [0.5, 0.6) is 5.75 Å². The molecule has 0 fully saturated rings. The molecule has 1 aromatic carbocycles. The fourth-order valence-corrected chi connectivity index (χ4v) is 2.58. The monoisotopic (exact) mass is 259 g/mol. The Hall–Kier alpha value is -1.28. The third-order valence-electron chi connectivity index (χ3n) is 3.60. The van der Waals surface area contributed by atoms with Crippen LogP contribution in [0.15, 0.2) is 29.8 Å². The van der Waals surface area contributed by atoms with Gasteiger partial charge >= 0.3 is 0 Å². The van der Waals surface area contributed by atoms with Gasteiger partial charge in [-0.1, -0.05) is 24.6 Å². The highest BCUT2D eigenvalue weighted by Gasteiger charge is 2.24. The molecule has 1 aromatic rings. The zero-order chi connectivity index (χ0) is 13.7. The third-order valence-corrected chi connectivity index (χ3v) is 3.60. The summed E-state index contributed by atoms with van der Waals surface area (Å²) in [7, 11) is 0. The molecule has 1 aliphatic rings. The van der Waals surface area contributed by atoms with E-state index in [0.29, 0.717) is 12.6 Å². The summed E-state index contributed by atoms with van der Waals surface area (Å²) in [5, 5.41) is 3.62. The van der Waals surface area contributed by atoms with Crippen molar-refractivity contribution in [3.63, 3.8) is 0 Å². The van der Waals surface area contributed by atoms with Gasteiger partial charge in [-0.2, -0.15) is 0 Å². The summed E-state index contributed by atoms with van der Waals surface area (Å²) < 4.78 is 5.91. The first-order chi connectivity index (χ1) is 9.22. The van der Waals surface area contributed by atoms with Crippen molar-refractivity contribution in [1.29, 1.82) is 0 Å². The summed E-state index contributed by atoms with van der Waals surface area (Å²) in [5.41, 5.74) is 4.14. The first-order valence-corrected chi connectivity index (χ1v) is 7.33. The maximum Gasteiger partial charge on any atom is 0.123 e. The number of benzene rings is 1. The number of fused-ring (bicyclic) bond motifs is 1. The van der Waals surface area contributed by atoms with Gasteiger partial charge in [-0.25, -0.2) is 0 Å². The first-order valence-electron chi connectivity index (χ1n) is 7.33. The van der Waals surface area contributed by atoms with Crippen LogP contribution >= 0.6 is 0 Å². The maximum atomic E-state index is 5.91. The highest BCUT2D eigenvalue weighted by atomic mass is 16.5. The Kier molecular flexibility index (Phi) is 5.03. The normalized spacial score (nSPS) is 17.1. The molecule has 0 bridgehead atoms. The highest BCUT2D eigenvalue weighted by molar-refractivity contribution is 5.45. The Morgan fingerprint density at radius 3 is 3.00 bits per heavy atom. The lowest BCUT2D eigenvalue weighted by atomic mass is 10.1. The summed E-state index contributed by atoms with van der Waals surface area (Å²) in [6, 6.07) is 6.97. The van der Waals surface area contributed by atoms with E-state index in [1.807, 2.05) is 0 Å². The second kappa shape index (κ2) is 6.76. The second-order valence-electron chi connectivity index (χ2n) is 5.46. The lowest BCUT2D eigenvalue weighted by molar-refractivity contribution is 0.358. The number of hydrogen-bond acceptors (Lipinski definition) is 2. The number of nitrogens with one attached hydrogen (secondary N) is 1. The summed E-state index contributed by atoms with van der Waals surface area (Å²) in [6.07, 6.45) is 5.63. The van der Waals surface area contributed by atoms with Crippen LogP contribution in [0, 0.1) is 0 Å². The summed E-state index contributed by atoms with van der Waals surface area (Å²) in [6.45, 7) is 8.17. The van der Waals surface area contributed by atoms with E-state index in [9.17, 15) is 0 Å². The van der Waals surface area contributed by atoms with Crippen molar-refractivity contribution in [3.8, 4) is 5.75 Å². The largest absolute Gasteiger partial charge is 0.489 e. The zero-order valence-corrected chi connectivity index (χ0v) is 12.3. The van der Waals surface area contributed by atoms with Crippen molar-refractivity contribution >= 4 is 0 Å². The van der Waals surface area contributed by atoms with Crippen molar-refractivity contribution in [3.05, 3.63) is 41.0 Å². The molecule has 19 heavy (non-hydrogen) atoms. The average Bonchev–Trinajstić information content (AvgIpc) is 2.80. The second-order valence-corrected chi connectivity index (χ2v) is 5.46. The Morgan fingerprint density at radius 1 is 1.42 bits per heavy atom. The SMILES string of the molecule is CCCNC1CCc2c(OCC=C(C)C)cccc21. The van der Waals surface area contributed by atoms with Gasteiger partial charge in [0.15, 0.2) is 0 Å². The van der Waals surface area contributed by atoms with E-state index in [1.54, 1.807) is 0 Å². The van der Waals surface area contributed by atoms with E-state index in [2.05, 4.69) is 50.4 Å². The average molecular weight is 259 g/mol. The Morgan fingerprint density at radius 2 is 2.26 bits per heavy atom. The molecule has 1 N–H and O–H groups in total. The minimum absolute atomic E-state index is 0.516. The number of allylic oxidation sites excluding steroid dienone is 1.